The molecule has 0 saturated carbocycles. The number of rotatable bonds is 4. The van der Waals surface area contributed by atoms with Gasteiger partial charge in [0, 0.05) is 36.3 Å². The molecule has 0 aliphatic heterocycles. The smallest absolute Gasteiger partial charge is 0.228 e. The molecule has 5 nitrogen and oxygen atoms in total. The number of ketones is 1. The average Bonchev–Trinajstić information content (AvgIpc) is 3.11. The quantitative estimate of drug-likeness (QED) is 0.576. The van der Waals surface area contributed by atoms with Crippen LogP contribution in [0.3, 0.4) is 0 Å². The van der Waals surface area contributed by atoms with E-state index in [1.54, 1.807) is 42.2 Å². The molecule has 5 heteroatoms. The van der Waals surface area contributed by atoms with Crippen LogP contribution < -0.4 is 5.32 Å². The zero-order chi connectivity index (χ0) is 19.2. The molecule has 0 spiro atoms. The first-order valence-electron chi connectivity index (χ1n) is 8.44. The van der Waals surface area contributed by atoms with E-state index in [-0.39, 0.29) is 5.78 Å². The van der Waals surface area contributed by atoms with E-state index in [1.165, 1.54) is 0 Å². The summed E-state index contributed by atoms with van der Waals surface area (Å²) >= 11 is 0. The molecule has 0 fully saturated rings. The van der Waals surface area contributed by atoms with Crippen LogP contribution in [0.15, 0.2) is 54.9 Å². The summed E-state index contributed by atoms with van der Waals surface area (Å²) in [7, 11) is 1.80. The van der Waals surface area contributed by atoms with Gasteiger partial charge in [-0.1, -0.05) is 11.8 Å². The van der Waals surface area contributed by atoms with Crippen LogP contribution in [0.2, 0.25) is 0 Å². The summed E-state index contributed by atoms with van der Waals surface area (Å²) < 4.78 is 1.71. The fourth-order valence-corrected chi connectivity index (χ4v) is 2.66. The van der Waals surface area contributed by atoms with Crippen molar-refractivity contribution in [3.05, 3.63) is 82.9 Å². The number of hydrogen-bond donors (Lipinski definition) is 1. The van der Waals surface area contributed by atoms with Crippen LogP contribution in [-0.4, -0.2) is 21.9 Å². The molecule has 0 radical (unpaired) electrons. The van der Waals surface area contributed by atoms with Crippen molar-refractivity contribution in [1.82, 2.24) is 9.55 Å². The zero-order valence-electron chi connectivity index (χ0n) is 15.2. The summed E-state index contributed by atoms with van der Waals surface area (Å²) in [6.07, 6.45) is 3.37. The number of benzene rings is 2. The Kier molecular flexibility index (Phi) is 5.35. The van der Waals surface area contributed by atoms with E-state index in [4.69, 9.17) is 5.26 Å². The molecule has 3 rings (SSSR count). The van der Waals surface area contributed by atoms with Crippen LogP contribution in [0, 0.1) is 30.1 Å². The third-order valence-electron chi connectivity index (χ3n) is 4.12. The number of aromatic nitrogens is 2. The molecule has 0 amide bonds. The third-order valence-corrected chi connectivity index (χ3v) is 4.12. The second kappa shape index (κ2) is 8.03. The van der Waals surface area contributed by atoms with Crippen LogP contribution >= 0.6 is 0 Å². The van der Waals surface area contributed by atoms with Gasteiger partial charge in [0.05, 0.1) is 18.2 Å². The average molecular weight is 354 g/mol. The van der Waals surface area contributed by atoms with Crippen LogP contribution in [-0.2, 0) is 7.05 Å². The molecule has 1 N–H and O–H groups in total. The number of imidazole rings is 1. The van der Waals surface area contributed by atoms with Crippen LogP contribution in [0.1, 0.15) is 32.9 Å². The summed E-state index contributed by atoms with van der Waals surface area (Å²) in [5.41, 5.74) is 3.89. The van der Waals surface area contributed by atoms with Crippen molar-refractivity contribution in [3.63, 3.8) is 0 Å². The topological polar surface area (TPSA) is 70.7 Å². The van der Waals surface area contributed by atoms with Gasteiger partial charge in [0.25, 0.3) is 0 Å². The van der Waals surface area contributed by atoms with Gasteiger partial charge in [0.15, 0.2) is 5.82 Å². The number of carbonyl (C=O) groups excluding carboxylic acids is 1. The molecule has 1 aromatic heterocycles. The third kappa shape index (κ3) is 4.23. The maximum atomic E-state index is 12.6. The second-order valence-corrected chi connectivity index (χ2v) is 6.07. The minimum Gasteiger partial charge on any atom is -0.374 e. The molecule has 2 aromatic carbocycles. The lowest BCUT2D eigenvalue weighted by molar-refractivity contribution is 0.102. The summed E-state index contributed by atoms with van der Waals surface area (Å²) in [6, 6.07) is 14.9. The number of aryl methyl sites for hydroxylation is 2. The molecule has 0 aliphatic rings. The number of nitrogens with zero attached hydrogens (tertiary/aromatic N) is 3. The highest BCUT2D eigenvalue weighted by Gasteiger charge is 2.15. The van der Waals surface area contributed by atoms with Gasteiger partial charge in [-0.25, -0.2) is 4.98 Å². The fraction of sp³-hybridized carbons (Fsp3) is 0.136. The molecule has 27 heavy (non-hydrogen) atoms. The van der Waals surface area contributed by atoms with Crippen molar-refractivity contribution in [3.8, 4) is 17.9 Å². The lowest BCUT2D eigenvalue weighted by atomic mass is 10.0. The van der Waals surface area contributed by atoms with E-state index < -0.39 is 0 Å². The molecular weight excluding hydrogens is 336 g/mol. The molecule has 0 bridgehead atoms. The molecule has 0 unspecified atom stereocenters. The van der Waals surface area contributed by atoms with Gasteiger partial charge >= 0.3 is 0 Å². The van der Waals surface area contributed by atoms with Gasteiger partial charge in [-0.2, -0.15) is 5.26 Å². The monoisotopic (exact) mass is 354 g/mol. The maximum absolute atomic E-state index is 12.6. The number of carbonyl (C=O) groups is 1. The Bertz CT molecular complexity index is 1080. The first kappa shape index (κ1) is 18.0. The van der Waals surface area contributed by atoms with Crippen molar-refractivity contribution < 1.29 is 4.79 Å². The lowest BCUT2D eigenvalue weighted by Crippen LogP contribution is -2.10. The minimum atomic E-state index is -0.0954. The van der Waals surface area contributed by atoms with E-state index in [2.05, 4.69) is 28.2 Å². The minimum absolute atomic E-state index is 0.0954. The first-order chi connectivity index (χ1) is 13.1. The second-order valence-electron chi connectivity index (χ2n) is 6.07. The van der Waals surface area contributed by atoms with E-state index in [9.17, 15) is 4.79 Å². The Morgan fingerprint density at radius 3 is 2.56 bits per heavy atom. The fourth-order valence-electron chi connectivity index (χ4n) is 2.66. The van der Waals surface area contributed by atoms with E-state index in [0.29, 0.717) is 23.5 Å². The van der Waals surface area contributed by atoms with Gasteiger partial charge in [-0.05, 0) is 55.0 Å². The molecule has 0 aliphatic carbocycles. The molecule has 0 saturated heterocycles. The van der Waals surface area contributed by atoms with Crippen molar-refractivity contribution in [2.75, 3.05) is 11.9 Å². The zero-order valence-corrected chi connectivity index (χ0v) is 15.2. The van der Waals surface area contributed by atoms with Gasteiger partial charge < -0.3 is 9.88 Å². The lowest BCUT2D eigenvalue weighted by Gasteiger charge is -2.05. The van der Waals surface area contributed by atoms with Gasteiger partial charge in [-0.3, -0.25) is 4.79 Å². The van der Waals surface area contributed by atoms with Gasteiger partial charge in [0.2, 0.25) is 5.78 Å². The van der Waals surface area contributed by atoms with E-state index in [1.807, 2.05) is 31.2 Å². The Morgan fingerprint density at radius 1 is 1.19 bits per heavy atom. The molecule has 0 atom stereocenters. The van der Waals surface area contributed by atoms with Gasteiger partial charge in [0.1, 0.15) is 0 Å². The van der Waals surface area contributed by atoms with Gasteiger partial charge in [-0.15, -0.1) is 0 Å². The predicted molar refractivity (Wildman–Crippen MR) is 104 cm³/mol. The highest BCUT2D eigenvalue weighted by Crippen LogP contribution is 2.15. The highest BCUT2D eigenvalue weighted by atomic mass is 16.1. The standard InChI is InChI=1S/C22H18N4O/c1-16-14-17(4-3-11-24-19-8-5-18(15-23)6-9-19)7-10-20(16)21(27)22-25-12-13-26(22)2/h5-10,12-14,24H,11H2,1-2H3. The Labute approximate surface area is 158 Å². The number of nitrogens with one attached hydrogen (secondary N) is 1. The predicted octanol–water partition coefficient (Wildman–Crippen LogP) is 3.29. The normalized spacial score (nSPS) is 9.81. The van der Waals surface area contributed by atoms with Crippen molar-refractivity contribution in [2.45, 2.75) is 6.92 Å². The Hall–Kier alpha value is -3.83. The molecular formula is C22H18N4O. The molecule has 3 aromatic rings. The largest absolute Gasteiger partial charge is 0.374 e. The van der Waals surface area contributed by atoms with Crippen LogP contribution in [0.5, 0.6) is 0 Å². The van der Waals surface area contributed by atoms with Crippen LogP contribution in [0.25, 0.3) is 0 Å². The first-order valence-corrected chi connectivity index (χ1v) is 8.44. The van der Waals surface area contributed by atoms with Crippen molar-refractivity contribution in [1.29, 1.82) is 5.26 Å². The Balaban J connectivity index is 1.66. The highest BCUT2D eigenvalue weighted by molar-refractivity contribution is 6.07. The Morgan fingerprint density at radius 2 is 1.93 bits per heavy atom. The van der Waals surface area contributed by atoms with Crippen LogP contribution in [0.4, 0.5) is 5.69 Å². The number of hydrogen-bond acceptors (Lipinski definition) is 4. The van der Waals surface area contributed by atoms with E-state index in [0.717, 1.165) is 16.8 Å². The summed E-state index contributed by atoms with van der Waals surface area (Å²) in [4.78, 5) is 16.7. The molecule has 132 valence electrons. The molecule has 1 heterocycles. The van der Waals surface area contributed by atoms with Crippen molar-refractivity contribution >= 4 is 11.5 Å². The summed E-state index contributed by atoms with van der Waals surface area (Å²) in [5, 5.41) is 12.0. The summed E-state index contributed by atoms with van der Waals surface area (Å²) in [5.74, 6) is 6.48. The number of anilines is 1. The van der Waals surface area contributed by atoms with E-state index >= 15 is 0 Å². The number of nitriles is 1. The van der Waals surface area contributed by atoms with Crippen molar-refractivity contribution in [2.24, 2.45) is 7.05 Å². The summed E-state index contributed by atoms with van der Waals surface area (Å²) in [6.45, 7) is 2.38. The SMILES string of the molecule is Cc1cc(C#CCNc2ccc(C#N)cc2)ccc1C(=O)c1nccn1C. The maximum Gasteiger partial charge on any atom is 0.228 e.